The largest absolute Gasteiger partial charge is 0.481 e. The smallest absolute Gasteiger partial charge is 0.309 e. The lowest BCUT2D eigenvalue weighted by atomic mass is 9.74. The van der Waals surface area contributed by atoms with Crippen molar-refractivity contribution < 1.29 is 38.9 Å². The Labute approximate surface area is 345 Å². The lowest BCUT2D eigenvalue weighted by Gasteiger charge is -2.30. The lowest BCUT2D eigenvalue weighted by molar-refractivity contribution is -0.151. The molecule has 0 amide bonds. The van der Waals surface area contributed by atoms with E-state index in [0.717, 1.165) is 87.9 Å². The SMILES string of the molecule is CC(C)CCCCCCC(CCCCCCC(C)C)(CCCC(=O)O)C(=O)O.CC(C)CCCCCCOC(=O)CCCCC(=O)OCCCCCCC(C)C. The number of esters is 2. The van der Waals surface area contributed by atoms with Gasteiger partial charge in [0.1, 0.15) is 0 Å². The fourth-order valence-electron chi connectivity index (χ4n) is 7.08. The Morgan fingerprint density at radius 2 is 0.696 bits per heavy atom. The minimum Gasteiger partial charge on any atom is -0.481 e. The highest BCUT2D eigenvalue weighted by atomic mass is 16.5. The summed E-state index contributed by atoms with van der Waals surface area (Å²) in [4.78, 5) is 46.4. The fourth-order valence-corrected chi connectivity index (χ4v) is 7.08. The van der Waals surface area contributed by atoms with Crippen molar-refractivity contribution in [3.63, 3.8) is 0 Å². The number of hydrogen-bond acceptors (Lipinski definition) is 6. The van der Waals surface area contributed by atoms with Crippen molar-refractivity contribution in [3.05, 3.63) is 0 Å². The molecule has 0 saturated heterocycles. The minimum atomic E-state index is -0.832. The van der Waals surface area contributed by atoms with Crippen LogP contribution < -0.4 is 0 Å². The lowest BCUT2D eigenvalue weighted by Crippen LogP contribution is -2.31. The van der Waals surface area contributed by atoms with Crippen LogP contribution in [-0.4, -0.2) is 47.3 Å². The second-order valence-electron chi connectivity index (χ2n) is 18.4. The number of carboxylic acid groups (broad SMARTS) is 2. The van der Waals surface area contributed by atoms with Gasteiger partial charge < -0.3 is 19.7 Å². The highest BCUT2D eigenvalue weighted by Crippen LogP contribution is 2.38. The van der Waals surface area contributed by atoms with Crippen LogP contribution in [0.2, 0.25) is 0 Å². The maximum absolute atomic E-state index is 12.2. The molecule has 332 valence electrons. The first kappa shape index (κ1) is 56.0. The van der Waals surface area contributed by atoms with E-state index in [1.54, 1.807) is 0 Å². The van der Waals surface area contributed by atoms with Gasteiger partial charge in [0.25, 0.3) is 0 Å². The van der Waals surface area contributed by atoms with Crippen LogP contribution in [0.4, 0.5) is 0 Å². The van der Waals surface area contributed by atoms with E-state index < -0.39 is 17.4 Å². The van der Waals surface area contributed by atoms with Crippen LogP contribution >= 0.6 is 0 Å². The first-order chi connectivity index (χ1) is 26.6. The van der Waals surface area contributed by atoms with Crippen molar-refractivity contribution in [2.24, 2.45) is 29.1 Å². The molecule has 0 unspecified atom stereocenters. The molecule has 8 heteroatoms. The van der Waals surface area contributed by atoms with E-state index in [9.17, 15) is 24.3 Å². The second kappa shape index (κ2) is 38.4. The van der Waals surface area contributed by atoms with E-state index in [1.807, 2.05) is 0 Å². The highest BCUT2D eigenvalue weighted by Gasteiger charge is 2.36. The first-order valence-electron chi connectivity index (χ1n) is 23.4. The summed E-state index contributed by atoms with van der Waals surface area (Å²) in [5, 5.41) is 18.9. The van der Waals surface area contributed by atoms with Crippen LogP contribution in [0.3, 0.4) is 0 Å². The fraction of sp³-hybridized carbons (Fsp3) is 0.917. The number of hydrogen-bond donors (Lipinski definition) is 2. The van der Waals surface area contributed by atoms with E-state index in [-0.39, 0.29) is 18.4 Å². The molecule has 0 fully saturated rings. The van der Waals surface area contributed by atoms with Gasteiger partial charge in [-0.1, -0.05) is 171 Å². The average Bonchev–Trinajstić information content (AvgIpc) is 3.11. The van der Waals surface area contributed by atoms with Crippen LogP contribution in [0.1, 0.15) is 242 Å². The molecule has 0 aromatic rings. The number of ether oxygens (including phenoxy) is 2. The summed E-state index contributed by atoms with van der Waals surface area (Å²) in [6, 6.07) is 0. The van der Waals surface area contributed by atoms with E-state index in [0.29, 0.717) is 64.6 Å². The normalized spacial score (nSPS) is 11.6. The molecule has 0 saturated carbocycles. The van der Waals surface area contributed by atoms with Crippen molar-refractivity contribution >= 4 is 23.9 Å². The van der Waals surface area contributed by atoms with Crippen LogP contribution in [0, 0.1) is 29.1 Å². The van der Waals surface area contributed by atoms with Gasteiger partial charge in [-0.05, 0) is 75.0 Å². The molecule has 0 bridgehead atoms. The molecule has 0 atom stereocenters. The van der Waals surface area contributed by atoms with Gasteiger partial charge in [0.2, 0.25) is 0 Å². The summed E-state index contributed by atoms with van der Waals surface area (Å²) in [5.74, 6) is 1.16. The van der Waals surface area contributed by atoms with Gasteiger partial charge in [-0.2, -0.15) is 0 Å². The minimum absolute atomic E-state index is 0.0673. The maximum atomic E-state index is 12.2. The summed E-state index contributed by atoms with van der Waals surface area (Å²) in [6.45, 7) is 19.0. The number of carbonyl (C=O) groups is 4. The number of carboxylic acids is 2. The van der Waals surface area contributed by atoms with Crippen molar-refractivity contribution in [3.8, 4) is 0 Å². The molecular weight excluding hydrogens is 705 g/mol. The van der Waals surface area contributed by atoms with E-state index in [2.05, 4.69) is 55.4 Å². The number of aliphatic carboxylic acids is 2. The Kier molecular flexibility index (Phi) is 38.4. The van der Waals surface area contributed by atoms with Gasteiger partial charge >= 0.3 is 23.9 Å². The molecule has 0 aliphatic carbocycles. The van der Waals surface area contributed by atoms with Crippen molar-refractivity contribution in [2.45, 2.75) is 242 Å². The van der Waals surface area contributed by atoms with Crippen LogP contribution in [0.15, 0.2) is 0 Å². The molecule has 56 heavy (non-hydrogen) atoms. The quantitative estimate of drug-likeness (QED) is 0.0467. The summed E-state index contributed by atoms with van der Waals surface area (Å²) in [7, 11) is 0. The van der Waals surface area contributed by atoms with Crippen molar-refractivity contribution in [2.75, 3.05) is 13.2 Å². The highest BCUT2D eigenvalue weighted by molar-refractivity contribution is 5.74. The molecule has 0 radical (unpaired) electrons. The van der Waals surface area contributed by atoms with Crippen LogP contribution in [-0.2, 0) is 28.7 Å². The second-order valence-corrected chi connectivity index (χ2v) is 18.4. The van der Waals surface area contributed by atoms with Crippen molar-refractivity contribution in [1.82, 2.24) is 0 Å². The Balaban J connectivity index is 0. The molecule has 0 aliphatic rings. The first-order valence-corrected chi connectivity index (χ1v) is 23.4. The molecule has 0 aromatic heterocycles. The third kappa shape index (κ3) is 40.1. The van der Waals surface area contributed by atoms with E-state index in [1.165, 1.54) is 64.2 Å². The molecule has 0 spiro atoms. The number of unbranched alkanes of at least 4 members (excludes halogenated alkanes) is 13. The Morgan fingerprint density at radius 3 is 1.00 bits per heavy atom. The Morgan fingerprint density at radius 1 is 0.393 bits per heavy atom. The summed E-state index contributed by atoms with van der Waals surface area (Å²) in [6.07, 6.45) is 27.5. The third-order valence-corrected chi connectivity index (χ3v) is 10.8. The zero-order valence-corrected chi connectivity index (χ0v) is 38.1. The van der Waals surface area contributed by atoms with Gasteiger partial charge in [-0.15, -0.1) is 0 Å². The summed E-state index contributed by atoms with van der Waals surface area (Å²) < 4.78 is 10.5. The number of rotatable bonds is 38. The van der Waals surface area contributed by atoms with Crippen molar-refractivity contribution in [1.29, 1.82) is 0 Å². The standard InChI is InChI=1S/2C24H46O4/c1-21(2)15-9-5-7-13-19-27-23(25)17-11-12-18-24(26)28-20-14-8-6-10-16-22(3)4;1-20(2)14-9-5-7-11-17-24(23(27)28,19-13-16-22(25)26)18-12-8-6-10-15-21(3)4/h21-22H,5-20H2,1-4H3;20-21H,5-19H2,1-4H3,(H,25,26)(H,27,28). The van der Waals surface area contributed by atoms with Gasteiger partial charge in [0.15, 0.2) is 0 Å². The summed E-state index contributed by atoms with van der Waals surface area (Å²) in [5.41, 5.74) is -0.731. The maximum Gasteiger partial charge on any atom is 0.309 e. The topological polar surface area (TPSA) is 127 Å². The van der Waals surface area contributed by atoms with Gasteiger partial charge in [0.05, 0.1) is 18.6 Å². The van der Waals surface area contributed by atoms with Crippen LogP contribution in [0.25, 0.3) is 0 Å². The molecule has 0 heterocycles. The zero-order valence-electron chi connectivity index (χ0n) is 38.1. The predicted octanol–water partition coefficient (Wildman–Crippen LogP) is 14.2. The molecule has 2 N–H and O–H groups in total. The molecule has 0 aromatic carbocycles. The molecule has 0 rings (SSSR count). The average molecular weight is 797 g/mol. The zero-order chi connectivity index (χ0) is 42.5. The van der Waals surface area contributed by atoms with Gasteiger partial charge in [-0.3, -0.25) is 19.2 Å². The van der Waals surface area contributed by atoms with Crippen LogP contribution in [0.5, 0.6) is 0 Å². The third-order valence-electron chi connectivity index (χ3n) is 10.8. The predicted molar refractivity (Wildman–Crippen MR) is 233 cm³/mol. The van der Waals surface area contributed by atoms with E-state index in [4.69, 9.17) is 14.6 Å². The number of carbonyl (C=O) groups excluding carboxylic acids is 2. The molecular formula is C48H92O8. The summed E-state index contributed by atoms with van der Waals surface area (Å²) >= 11 is 0. The van der Waals surface area contributed by atoms with Gasteiger partial charge in [0, 0.05) is 19.3 Å². The Hall–Kier alpha value is -2.12. The Bertz CT molecular complexity index is 885. The van der Waals surface area contributed by atoms with E-state index >= 15 is 0 Å². The van der Waals surface area contributed by atoms with Gasteiger partial charge in [-0.25, -0.2) is 0 Å². The molecule has 8 nitrogen and oxygen atoms in total. The molecule has 0 aliphatic heterocycles. The monoisotopic (exact) mass is 797 g/mol.